The molecule has 1 N–H and O–H groups in total. The van der Waals surface area contributed by atoms with E-state index in [1.165, 1.54) is 12.1 Å². The van der Waals surface area contributed by atoms with Crippen LogP contribution >= 0.6 is 11.6 Å². The molecule has 0 aliphatic carbocycles. The molecule has 2 amide bonds. The number of aromatic nitrogens is 2. The smallest absolute Gasteiger partial charge is 0.322 e. The zero-order chi connectivity index (χ0) is 24.5. The van der Waals surface area contributed by atoms with Crippen molar-refractivity contribution in [1.82, 2.24) is 20.4 Å². The zero-order valence-electron chi connectivity index (χ0n) is 19.1. The average Bonchev–Trinajstić information content (AvgIpc) is 3.32. The Morgan fingerprint density at radius 2 is 1.80 bits per heavy atom. The monoisotopic (exact) mass is 488 g/mol. The number of hydrogen-bond donors (Lipinski definition) is 1. The van der Waals surface area contributed by atoms with Gasteiger partial charge in [-0.15, -0.1) is 0 Å². The van der Waals surface area contributed by atoms with Crippen LogP contribution in [0.1, 0.15) is 35.5 Å². The molecule has 0 fully saturated rings. The Morgan fingerprint density at radius 1 is 1.06 bits per heavy atom. The number of nitrogens with zero attached hydrogens (tertiary/aromatic N) is 3. The van der Waals surface area contributed by atoms with Gasteiger partial charge in [0.15, 0.2) is 0 Å². The van der Waals surface area contributed by atoms with Gasteiger partial charge in [0.05, 0.1) is 18.2 Å². The van der Waals surface area contributed by atoms with Crippen LogP contribution in [0.15, 0.2) is 83.0 Å². The van der Waals surface area contributed by atoms with Crippen LogP contribution in [0.3, 0.4) is 0 Å². The zero-order valence-corrected chi connectivity index (χ0v) is 19.9. The summed E-state index contributed by atoms with van der Waals surface area (Å²) in [6, 6.07) is 20.5. The minimum atomic E-state index is -0.486. The number of urea groups is 1. The molecule has 4 aromatic rings. The number of allylic oxidation sites excluding steroid dienone is 1. The Balaban J connectivity index is 1.59. The van der Waals surface area contributed by atoms with Crippen molar-refractivity contribution in [2.24, 2.45) is 0 Å². The van der Waals surface area contributed by atoms with Crippen molar-refractivity contribution in [3.8, 4) is 11.4 Å². The van der Waals surface area contributed by atoms with Gasteiger partial charge in [0, 0.05) is 16.3 Å². The Kier molecular flexibility index (Phi) is 6.09. The van der Waals surface area contributed by atoms with Crippen molar-refractivity contribution in [3.05, 3.63) is 112 Å². The Morgan fingerprint density at radius 3 is 2.51 bits per heavy atom. The first kappa shape index (κ1) is 22.8. The summed E-state index contributed by atoms with van der Waals surface area (Å²) >= 11 is 6.16. The summed E-state index contributed by atoms with van der Waals surface area (Å²) in [6.07, 6.45) is 0. The molecule has 1 unspecified atom stereocenters. The molecule has 8 heteroatoms. The Labute approximate surface area is 207 Å². The highest BCUT2D eigenvalue weighted by Crippen LogP contribution is 2.38. The lowest BCUT2D eigenvalue weighted by atomic mass is 9.94. The minimum absolute atomic E-state index is 0.241. The molecule has 3 aromatic carbocycles. The Hall–Kier alpha value is -3.97. The topological polar surface area (TPSA) is 71.3 Å². The van der Waals surface area contributed by atoms with Crippen LogP contribution in [0.2, 0.25) is 5.02 Å². The molecule has 5 rings (SSSR count). The summed E-state index contributed by atoms with van der Waals surface area (Å²) in [5, 5.41) is 7.80. The molecule has 35 heavy (non-hydrogen) atoms. The first-order valence-electron chi connectivity index (χ1n) is 11.1. The number of aryl methyl sites for hydroxylation is 1. The first-order valence-corrected chi connectivity index (χ1v) is 11.5. The number of amides is 2. The van der Waals surface area contributed by atoms with Crippen molar-refractivity contribution in [2.75, 3.05) is 0 Å². The van der Waals surface area contributed by atoms with Gasteiger partial charge in [-0.3, -0.25) is 4.90 Å². The third-order valence-electron chi connectivity index (χ3n) is 6.00. The number of rotatable bonds is 5. The number of halogens is 2. The average molecular weight is 489 g/mol. The number of carbonyl (C=O) groups is 1. The van der Waals surface area contributed by atoms with Crippen LogP contribution in [0.5, 0.6) is 0 Å². The SMILES string of the molecule is CC1=C(c2nc(-c3ccc(F)cc3)no2)C(c2ccc(C)cc2)NC(=O)N1Cc1cccc(Cl)c1. The van der Waals surface area contributed by atoms with Crippen molar-refractivity contribution >= 4 is 23.2 Å². The normalized spacial score (nSPS) is 15.9. The summed E-state index contributed by atoms with van der Waals surface area (Å²) in [5.41, 5.74) is 4.89. The predicted octanol–water partition coefficient (Wildman–Crippen LogP) is 6.54. The summed E-state index contributed by atoms with van der Waals surface area (Å²) in [5.74, 6) is 0.270. The minimum Gasteiger partial charge on any atom is -0.334 e. The van der Waals surface area contributed by atoms with Crippen LogP contribution < -0.4 is 5.32 Å². The molecule has 176 valence electrons. The molecule has 1 atom stereocenters. The molecular weight excluding hydrogens is 467 g/mol. The van der Waals surface area contributed by atoms with E-state index in [0.29, 0.717) is 34.2 Å². The fraction of sp³-hybridized carbons (Fsp3) is 0.148. The van der Waals surface area contributed by atoms with E-state index in [9.17, 15) is 9.18 Å². The maximum Gasteiger partial charge on any atom is 0.322 e. The van der Waals surface area contributed by atoms with Crippen molar-refractivity contribution in [2.45, 2.75) is 26.4 Å². The van der Waals surface area contributed by atoms with Crippen LogP contribution in [0, 0.1) is 12.7 Å². The fourth-order valence-electron chi connectivity index (χ4n) is 4.12. The lowest BCUT2D eigenvalue weighted by Gasteiger charge is -2.35. The van der Waals surface area contributed by atoms with E-state index in [1.807, 2.05) is 56.3 Å². The van der Waals surface area contributed by atoms with Gasteiger partial charge in [-0.05, 0) is 61.4 Å². The van der Waals surface area contributed by atoms with Gasteiger partial charge in [0.25, 0.3) is 5.89 Å². The second kappa shape index (κ2) is 9.35. The highest BCUT2D eigenvalue weighted by atomic mass is 35.5. The highest BCUT2D eigenvalue weighted by molar-refractivity contribution is 6.30. The van der Waals surface area contributed by atoms with E-state index in [0.717, 1.165) is 16.7 Å². The molecule has 1 aliphatic rings. The second-order valence-corrected chi connectivity index (χ2v) is 8.87. The van der Waals surface area contributed by atoms with Crippen LogP contribution in [-0.4, -0.2) is 21.1 Å². The molecule has 2 heterocycles. The highest BCUT2D eigenvalue weighted by Gasteiger charge is 2.35. The number of nitrogens with one attached hydrogen (secondary N) is 1. The van der Waals surface area contributed by atoms with Crippen LogP contribution in [-0.2, 0) is 6.54 Å². The van der Waals surface area contributed by atoms with Gasteiger partial charge in [0.2, 0.25) is 5.82 Å². The second-order valence-electron chi connectivity index (χ2n) is 8.44. The van der Waals surface area contributed by atoms with E-state index in [1.54, 1.807) is 23.1 Å². The first-order chi connectivity index (χ1) is 16.9. The molecule has 6 nitrogen and oxygen atoms in total. The van der Waals surface area contributed by atoms with E-state index >= 15 is 0 Å². The summed E-state index contributed by atoms with van der Waals surface area (Å²) in [7, 11) is 0. The lowest BCUT2D eigenvalue weighted by Crippen LogP contribution is -2.45. The fourth-order valence-corrected chi connectivity index (χ4v) is 4.34. The van der Waals surface area contributed by atoms with E-state index in [2.05, 4.69) is 15.5 Å². The van der Waals surface area contributed by atoms with Crippen molar-refractivity contribution < 1.29 is 13.7 Å². The quantitative estimate of drug-likeness (QED) is 0.346. The Bertz CT molecular complexity index is 1410. The maximum absolute atomic E-state index is 13.4. The van der Waals surface area contributed by atoms with Gasteiger partial charge < -0.3 is 9.84 Å². The van der Waals surface area contributed by atoms with E-state index in [-0.39, 0.29) is 17.7 Å². The summed E-state index contributed by atoms with van der Waals surface area (Å²) < 4.78 is 19.1. The molecule has 1 aliphatic heterocycles. The molecular formula is C27H22ClFN4O2. The van der Waals surface area contributed by atoms with Crippen LogP contribution in [0.4, 0.5) is 9.18 Å². The van der Waals surface area contributed by atoms with Gasteiger partial charge in [-0.25, -0.2) is 9.18 Å². The summed E-state index contributed by atoms with van der Waals surface area (Å²) in [6.45, 7) is 4.19. The number of benzene rings is 3. The predicted molar refractivity (Wildman–Crippen MR) is 132 cm³/mol. The van der Waals surface area contributed by atoms with Crippen molar-refractivity contribution in [1.29, 1.82) is 0 Å². The van der Waals surface area contributed by atoms with E-state index in [4.69, 9.17) is 16.1 Å². The van der Waals surface area contributed by atoms with Gasteiger partial charge in [0.1, 0.15) is 5.82 Å². The molecule has 0 saturated carbocycles. The maximum atomic E-state index is 13.4. The van der Waals surface area contributed by atoms with Gasteiger partial charge >= 0.3 is 6.03 Å². The molecule has 0 saturated heterocycles. The molecule has 0 radical (unpaired) electrons. The summed E-state index contributed by atoms with van der Waals surface area (Å²) in [4.78, 5) is 19.5. The largest absolute Gasteiger partial charge is 0.334 e. The van der Waals surface area contributed by atoms with Gasteiger partial charge in [-0.1, -0.05) is 58.7 Å². The molecule has 0 spiro atoms. The third kappa shape index (κ3) is 4.68. The third-order valence-corrected chi connectivity index (χ3v) is 6.23. The van der Waals surface area contributed by atoms with Crippen LogP contribution in [0.25, 0.3) is 17.0 Å². The van der Waals surface area contributed by atoms with E-state index < -0.39 is 6.04 Å². The lowest BCUT2D eigenvalue weighted by molar-refractivity contribution is 0.203. The number of carbonyl (C=O) groups excluding carboxylic acids is 1. The van der Waals surface area contributed by atoms with Crippen molar-refractivity contribution in [3.63, 3.8) is 0 Å². The number of hydrogen-bond acceptors (Lipinski definition) is 4. The van der Waals surface area contributed by atoms with Gasteiger partial charge in [-0.2, -0.15) is 4.98 Å². The molecule has 0 bridgehead atoms. The standard InChI is InChI=1S/C27H22ClFN4O2/c1-16-6-8-19(9-7-16)24-23(26-31-25(32-35-26)20-10-12-22(29)13-11-20)17(2)33(27(34)30-24)15-18-4-3-5-21(28)14-18/h3-14,24H,15H2,1-2H3,(H,30,34). The molecule has 1 aromatic heterocycles.